The van der Waals surface area contributed by atoms with Crippen molar-refractivity contribution in [3.63, 3.8) is 0 Å². The summed E-state index contributed by atoms with van der Waals surface area (Å²) in [6, 6.07) is 20.1. The lowest BCUT2D eigenvalue weighted by molar-refractivity contribution is -0.137. The van der Waals surface area contributed by atoms with E-state index >= 15 is 0 Å². The van der Waals surface area contributed by atoms with Gasteiger partial charge in [-0.25, -0.2) is 0 Å². The van der Waals surface area contributed by atoms with Gasteiger partial charge in [0, 0.05) is 42.8 Å². The largest absolute Gasteiger partial charge is 0.481 e. The lowest BCUT2D eigenvalue weighted by Gasteiger charge is -2.23. The Kier molecular flexibility index (Phi) is 8.79. The fourth-order valence-electron chi connectivity index (χ4n) is 4.55. The zero-order valence-corrected chi connectivity index (χ0v) is 22.9. The third kappa shape index (κ3) is 6.90. The number of aliphatic imine (C=N–C) groups is 1. The molecule has 0 bridgehead atoms. The van der Waals surface area contributed by atoms with Crippen LogP contribution < -0.4 is 10.2 Å². The number of carboxylic acid groups (broad SMARTS) is 1. The maximum Gasteiger partial charge on any atom is 0.303 e. The number of nitrogens with one attached hydrogen (secondary N) is 1. The van der Waals surface area contributed by atoms with Crippen molar-refractivity contribution in [3.05, 3.63) is 88.4 Å². The van der Waals surface area contributed by atoms with Crippen molar-refractivity contribution in [1.82, 2.24) is 4.90 Å². The van der Waals surface area contributed by atoms with E-state index < -0.39 is 11.9 Å². The second-order valence-corrected chi connectivity index (χ2v) is 10.2. The first-order valence-corrected chi connectivity index (χ1v) is 13.0. The summed E-state index contributed by atoms with van der Waals surface area (Å²) < 4.78 is 0. The Hall–Kier alpha value is -4.01. The van der Waals surface area contributed by atoms with Gasteiger partial charge in [-0.05, 0) is 79.7 Å². The molecular weight excluding hydrogens is 516 g/mol. The Morgan fingerprint density at radius 1 is 1.03 bits per heavy atom. The number of hydrogen-bond donors (Lipinski definition) is 2. The van der Waals surface area contributed by atoms with Gasteiger partial charge in [0.05, 0.1) is 11.4 Å². The number of carbonyl (C=O) groups is 3. The zero-order chi connectivity index (χ0) is 28.1. The quantitative estimate of drug-likeness (QED) is 0.343. The molecule has 0 saturated heterocycles. The molecule has 4 rings (SSSR count). The van der Waals surface area contributed by atoms with Crippen LogP contribution in [0.2, 0.25) is 5.02 Å². The fraction of sp³-hybridized carbons (Fsp3) is 0.267. The Labute approximate surface area is 232 Å². The molecule has 0 spiro atoms. The predicted molar refractivity (Wildman–Crippen MR) is 154 cm³/mol. The number of nitrogens with zero attached hydrogens (tertiary/aromatic N) is 3. The number of likely N-dealkylation sites (N-methyl/N-ethyl adjacent to an activating group) is 1. The van der Waals surface area contributed by atoms with Crippen LogP contribution in [0.4, 0.5) is 17.1 Å². The Bertz CT molecular complexity index is 1420. The van der Waals surface area contributed by atoms with Crippen molar-refractivity contribution in [1.29, 1.82) is 0 Å². The third-order valence-electron chi connectivity index (χ3n) is 6.53. The number of aryl methyl sites for hydroxylation is 1. The SMILES string of the molecule is CC(=O)N(CCN(C)C)c1ccc(N=C(c2cccc(CCC(=O)O)c2)C2C(=O)Nc3cc(Cl)ccc32)cc1. The van der Waals surface area contributed by atoms with Crippen molar-refractivity contribution in [3.8, 4) is 0 Å². The van der Waals surface area contributed by atoms with Crippen molar-refractivity contribution in [2.75, 3.05) is 37.4 Å². The molecule has 0 radical (unpaired) electrons. The molecule has 1 heterocycles. The second-order valence-electron chi connectivity index (χ2n) is 9.74. The van der Waals surface area contributed by atoms with Gasteiger partial charge >= 0.3 is 5.97 Å². The minimum atomic E-state index is -0.874. The molecule has 9 heteroatoms. The number of halogens is 1. The molecule has 1 aliphatic heterocycles. The average Bonchev–Trinajstić information content (AvgIpc) is 3.21. The molecule has 0 fully saturated rings. The highest BCUT2D eigenvalue weighted by molar-refractivity contribution is 6.31. The highest BCUT2D eigenvalue weighted by atomic mass is 35.5. The number of anilines is 2. The van der Waals surface area contributed by atoms with Crippen LogP contribution in [0.3, 0.4) is 0 Å². The summed E-state index contributed by atoms with van der Waals surface area (Å²) in [7, 11) is 3.92. The van der Waals surface area contributed by atoms with E-state index in [2.05, 4.69) is 5.32 Å². The summed E-state index contributed by atoms with van der Waals surface area (Å²) in [6.45, 7) is 2.82. The minimum Gasteiger partial charge on any atom is -0.481 e. The number of fused-ring (bicyclic) bond motifs is 1. The van der Waals surface area contributed by atoms with Gasteiger partial charge in [0.1, 0.15) is 5.92 Å². The van der Waals surface area contributed by atoms with Gasteiger partial charge < -0.3 is 20.2 Å². The van der Waals surface area contributed by atoms with Crippen molar-refractivity contribution >= 4 is 52.2 Å². The lowest BCUT2D eigenvalue weighted by Crippen LogP contribution is -2.35. The van der Waals surface area contributed by atoms with Gasteiger partial charge in [-0.2, -0.15) is 0 Å². The zero-order valence-electron chi connectivity index (χ0n) is 22.1. The first-order chi connectivity index (χ1) is 18.6. The molecule has 3 aromatic rings. The van der Waals surface area contributed by atoms with E-state index in [1.54, 1.807) is 24.0 Å². The highest BCUT2D eigenvalue weighted by Crippen LogP contribution is 2.38. The smallest absolute Gasteiger partial charge is 0.303 e. The topological polar surface area (TPSA) is 102 Å². The van der Waals surface area contributed by atoms with Crippen LogP contribution in [0, 0.1) is 0 Å². The molecule has 39 heavy (non-hydrogen) atoms. The highest BCUT2D eigenvalue weighted by Gasteiger charge is 2.35. The van der Waals surface area contributed by atoms with Gasteiger partial charge in [0.25, 0.3) is 0 Å². The van der Waals surface area contributed by atoms with E-state index in [9.17, 15) is 14.4 Å². The number of amides is 2. The van der Waals surface area contributed by atoms with Crippen LogP contribution in [0.5, 0.6) is 0 Å². The standard InChI is InChI=1S/C30H31ClN4O4/c1-19(36)35(16-15-34(2)3)24-11-9-23(10-12-24)32-29(21-6-4-5-20(17-21)7-14-27(37)38)28-25-13-8-22(31)18-26(25)33-30(28)39/h4-6,8-13,17-18,28H,7,14-16H2,1-3H3,(H,33,39)(H,37,38). The van der Waals surface area contributed by atoms with Crippen LogP contribution >= 0.6 is 11.6 Å². The molecule has 0 aliphatic carbocycles. The van der Waals surface area contributed by atoms with Gasteiger partial charge in [0.15, 0.2) is 0 Å². The summed E-state index contributed by atoms with van der Waals surface area (Å²) in [5.41, 5.74) is 4.89. The van der Waals surface area contributed by atoms with E-state index in [1.807, 2.05) is 73.6 Å². The van der Waals surface area contributed by atoms with E-state index in [-0.39, 0.29) is 18.2 Å². The van der Waals surface area contributed by atoms with Crippen molar-refractivity contribution in [2.24, 2.45) is 4.99 Å². The fourth-order valence-corrected chi connectivity index (χ4v) is 4.73. The van der Waals surface area contributed by atoms with Gasteiger partial charge in [0.2, 0.25) is 11.8 Å². The molecule has 202 valence electrons. The molecule has 3 aromatic carbocycles. The predicted octanol–water partition coefficient (Wildman–Crippen LogP) is 5.13. The molecule has 8 nitrogen and oxygen atoms in total. The van der Waals surface area contributed by atoms with Crippen LogP contribution in [-0.4, -0.2) is 60.7 Å². The average molecular weight is 547 g/mol. The molecule has 0 aromatic heterocycles. The van der Waals surface area contributed by atoms with Crippen molar-refractivity contribution < 1.29 is 19.5 Å². The summed E-state index contributed by atoms with van der Waals surface area (Å²) in [5, 5.41) is 12.6. The number of hydrogen-bond acceptors (Lipinski definition) is 5. The maximum atomic E-state index is 13.2. The summed E-state index contributed by atoms with van der Waals surface area (Å²) in [5.74, 6) is -1.82. The Balaban J connectivity index is 1.75. The normalized spacial score (nSPS) is 14.7. The maximum absolute atomic E-state index is 13.2. The molecule has 1 aliphatic rings. The van der Waals surface area contributed by atoms with Gasteiger partial charge in [-0.3, -0.25) is 19.4 Å². The third-order valence-corrected chi connectivity index (χ3v) is 6.77. The van der Waals surface area contributed by atoms with E-state index in [4.69, 9.17) is 21.7 Å². The number of carbonyl (C=O) groups excluding carboxylic acids is 2. The number of carboxylic acids is 1. The summed E-state index contributed by atoms with van der Waals surface area (Å²) in [6.07, 6.45) is 0.366. The number of rotatable bonds is 10. The number of aliphatic carboxylic acids is 1. The number of benzene rings is 3. The van der Waals surface area contributed by atoms with Crippen LogP contribution in [0.1, 0.15) is 36.0 Å². The van der Waals surface area contributed by atoms with Crippen LogP contribution in [-0.2, 0) is 20.8 Å². The second kappa shape index (κ2) is 12.2. The first-order valence-electron chi connectivity index (χ1n) is 12.7. The van der Waals surface area contributed by atoms with E-state index in [0.29, 0.717) is 35.1 Å². The van der Waals surface area contributed by atoms with E-state index in [1.165, 1.54) is 0 Å². The van der Waals surface area contributed by atoms with Gasteiger partial charge in [-0.15, -0.1) is 0 Å². The lowest BCUT2D eigenvalue weighted by atomic mass is 9.89. The Morgan fingerprint density at radius 2 is 1.77 bits per heavy atom. The van der Waals surface area contributed by atoms with Crippen molar-refractivity contribution in [2.45, 2.75) is 25.7 Å². The van der Waals surface area contributed by atoms with Gasteiger partial charge in [-0.1, -0.05) is 35.9 Å². The monoisotopic (exact) mass is 546 g/mol. The summed E-state index contributed by atoms with van der Waals surface area (Å²) in [4.78, 5) is 45.3. The van der Waals surface area contributed by atoms with E-state index in [0.717, 1.165) is 28.9 Å². The molecule has 2 N–H and O–H groups in total. The molecule has 1 unspecified atom stereocenters. The first kappa shape index (κ1) is 28.0. The molecule has 0 saturated carbocycles. The molecular formula is C30H31ClN4O4. The van der Waals surface area contributed by atoms with Crippen LogP contribution in [0.15, 0.2) is 71.7 Å². The molecule has 2 amide bonds. The Morgan fingerprint density at radius 3 is 2.44 bits per heavy atom. The van der Waals surface area contributed by atoms with Crippen LogP contribution in [0.25, 0.3) is 0 Å². The summed E-state index contributed by atoms with van der Waals surface area (Å²) >= 11 is 6.17. The molecule has 1 atom stereocenters. The minimum absolute atomic E-state index is 0.00309.